The summed E-state index contributed by atoms with van der Waals surface area (Å²) in [6, 6.07) is 2.19. The number of carbonyl (C=O) groups is 2. The summed E-state index contributed by atoms with van der Waals surface area (Å²) in [5, 5.41) is 13.8. The number of benzene rings is 1. The summed E-state index contributed by atoms with van der Waals surface area (Å²) in [5.74, 6) is -1.06. The Morgan fingerprint density at radius 1 is 1.21 bits per heavy atom. The maximum absolute atomic E-state index is 12.3. The van der Waals surface area contributed by atoms with Crippen LogP contribution in [0.2, 0.25) is 0 Å². The third-order valence-electron chi connectivity index (χ3n) is 3.16. The normalized spacial score (nSPS) is 14.0. The molecule has 1 atom stereocenters. The van der Waals surface area contributed by atoms with Crippen molar-refractivity contribution in [1.29, 1.82) is 0 Å². The number of nitro benzene ring substituents is 1. The number of hydrogen-bond donors (Lipinski definition) is 1. The second-order valence-electron chi connectivity index (χ2n) is 5.48. The summed E-state index contributed by atoms with van der Waals surface area (Å²) in [6.07, 6.45) is -1.09. The molecule has 9 heteroatoms. The molecular formula is C15H18N2O7. The van der Waals surface area contributed by atoms with Gasteiger partial charge in [0.05, 0.1) is 11.0 Å². The minimum absolute atomic E-state index is 0.123. The van der Waals surface area contributed by atoms with E-state index in [2.05, 4.69) is 5.32 Å². The molecule has 1 amide bonds. The van der Waals surface area contributed by atoms with Crippen LogP contribution < -0.4 is 14.8 Å². The minimum Gasteiger partial charge on any atom is -0.486 e. The van der Waals surface area contributed by atoms with Crippen LogP contribution in [0.4, 0.5) is 5.69 Å². The number of nitrogens with zero attached hydrogens (tertiary/aromatic N) is 1. The number of nitrogens with one attached hydrogen (secondary N) is 1. The van der Waals surface area contributed by atoms with Crippen molar-refractivity contribution >= 4 is 17.6 Å². The summed E-state index contributed by atoms with van der Waals surface area (Å²) in [6.45, 7) is 5.45. The van der Waals surface area contributed by atoms with Gasteiger partial charge in [-0.2, -0.15) is 0 Å². The van der Waals surface area contributed by atoms with E-state index >= 15 is 0 Å². The molecule has 2 rings (SSSR count). The molecule has 9 nitrogen and oxygen atoms in total. The third-order valence-corrected chi connectivity index (χ3v) is 3.16. The minimum atomic E-state index is -1.09. The first-order valence-electron chi connectivity index (χ1n) is 7.39. The lowest BCUT2D eigenvalue weighted by atomic mass is 10.1. The third kappa shape index (κ3) is 3.92. The average molecular weight is 338 g/mol. The highest BCUT2D eigenvalue weighted by atomic mass is 16.6. The largest absolute Gasteiger partial charge is 0.486 e. The van der Waals surface area contributed by atoms with Crippen LogP contribution in [-0.2, 0) is 9.53 Å². The molecule has 0 saturated heterocycles. The van der Waals surface area contributed by atoms with Crippen molar-refractivity contribution in [3.63, 3.8) is 0 Å². The molecule has 0 bridgehead atoms. The molecule has 1 aromatic rings. The average Bonchev–Trinajstić information content (AvgIpc) is 2.52. The van der Waals surface area contributed by atoms with Crippen LogP contribution in [0.5, 0.6) is 11.5 Å². The van der Waals surface area contributed by atoms with Gasteiger partial charge in [-0.3, -0.25) is 14.9 Å². The molecule has 0 fully saturated rings. The summed E-state index contributed by atoms with van der Waals surface area (Å²) in [7, 11) is 0. The lowest BCUT2D eigenvalue weighted by molar-refractivity contribution is -0.385. The van der Waals surface area contributed by atoms with E-state index in [-0.39, 0.29) is 36.3 Å². The standard InChI is InChI=1S/C15H18N2O7/c1-8(2)16-14(18)9(3)24-15(19)10-6-12-13(23-5-4-22-12)7-11(10)17(20)21/h6-9H,4-5H2,1-3H3,(H,16,18)/t9-/m1/s1. The van der Waals surface area contributed by atoms with Crippen LogP contribution in [0.25, 0.3) is 0 Å². The highest BCUT2D eigenvalue weighted by Crippen LogP contribution is 2.36. The van der Waals surface area contributed by atoms with Gasteiger partial charge in [0.25, 0.3) is 11.6 Å². The maximum atomic E-state index is 12.3. The zero-order valence-electron chi connectivity index (χ0n) is 13.5. The van der Waals surface area contributed by atoms with Gasteiger partial charge in [0.2, 0.25) is 0 Å². The first-order valence-corrected chi connectivity index (χ1v) is 7.39. The van der Waals surface area contributed by atoms with Crippen molar-refractivity contribution in [2.75, 3.05) is 13.2 Å². The lowest BCUT2D eigenvalue weighted by Gasteiger charge is -2.19. The van der Waals surface area contributed by atoms with Crippen LogP contribution >= 0.6 is 0 Å². The van der Waals surface area contributed by atoms with E-state index < -0.39 is 28.6 Å². The van der Waals surface area contributed by atoms with Gasteiger partial charge in [0, 0.05) is 12.1 Å². The van der Waals surface area contributed by atoms with Gasteiger partial charge < -0.3 is 19.5 Å². The molecule has 1 aromatic carbocycles. The second-order valence-corrected chi connectivity index (χ2v) is 5.48. The quantitative estimate of drug-likeness (QED) is 0.490. The van der Waals surface area contributed by atoms with Crippen LogP contribution in [0, 0.1) is 10.1 Å². The van der Waals surface area contributed by atoms with E-state index in [0.717, 1.165) is 6.07 Å². The number of amides is 1. The Balaban J connectivity index is 2.24. The molecule has 0 spiro atoms. The molecule has 130 valence electrons. The molecule has 24 heavy (non-hydrogen) atoms. The van der Waals surface area contributed by atoms with E-state index in [1.807, 2.05) is 0 Å². The van der Waals surface area contributed by atoms with Crippen molar-refractivity contribution in [2.24, 2.45) is 0 Å². The molecule has 0 saturated carbocycles. The van der Waals surface area contributed by atoms with E-state index in [1.165, 1.54) is 13.0 Å². The van der Waals surface area contributed by atoms with Crippen molar-refractivity contribution in [3.05, 3.63) is 27.8 Å². The maximum Gasteiger partial charge on any atom is 0.346 e. The van der Waals surface area contributed by atoms with Gasteiger partial charge >= 0.3 is 5.97 Å². The van der Waals surface area contributed by atoms with E-state index in [9.17, 15) is 19.7 Å². The Kier molecular flexibility index (Phi) is 5.22. The van der Waals surface area contributed by atoms with Gasteiger partial charge in [-0.05, 0) is 20.8 Å². The molecule has 1 aliphatic heterocycles. The smallest absolute Gasteiger partial charge is 0.346 e. The highest BCUT2D eigenvalue weighted by Gasteiger charge is 2.29. The molecule has 1 N–H and O–H groups in total. The van der Waals surface area contributed by atoms with Gasteiger partial charge in [0.1, 0.15) is 18.8 Å². The summed E-state index contributed by atoms with van der Waals surface area (Å²) >= 11 is 0. The monoisotopic (exact) mass is 338 g/mol. The second kappa shape index (κ2) is 7.16. The molecular weight excluding hydrogens is 320 g/mol. The Labute approximate surface area is 138 Å². The van der Waals surface area contributed by atoms with E-state index in [1.54, 1.807) is 13.8 Å². The summed E-state index contributed by atoms with van der Waals surface area (Å²) in [5.41, 5.74) is -0.769. The number of hydrogen-bond acceptors (Lipinski definition) is 7. The first kappa shape index (κ1) is 17.5. The molecule has 0 unspecified atom stereocenters. The Hall–Kier alpha value is -2.84. The topological polar surface area (TPSA) is 117 Å². The fraction of sp³-hybridized carbons (Fsp3) is 0.467. The van der Waals surface area contributed by atoms with Crippen molar-refractivity contribution in [3.8, 4) is 11.5 Å². The Morgan fingerprint density at radius 3 is 2.33 bits per heavy atom. The number of rotatable bonds is 5. The number of carbonyl (C=O) groups excluding carboxylic acids is 2. The SMILES string of the molecule is CC(C)NC(=O)[C@@H](C)OC(=O)c1cc2c(cc1[N+](=O)[O-])OCCO2. The highest BCUT2D eigenvalue weighted by molar-refractivity contribution is 5.96. The lowest BCUT2D eigenvalue weighted by Crippen LogP contribution is -2.39. The van der Waals surface area contributed by atoms with Crippen molar-refractivity contribution < 1.29 is 28.7 Å². The molecule has 1 aliphatic rings. The van der Waals surface area contributed by atoms with E-state index in [4.69, 9.17) is 14.2 Å². The predicted octanol–water partition coefficient (Wildman–Crippen LogP) is 1.44. The molecule has 0 aliphatic carbocycles. The van der Waals surface area contributed by atoms with Crippen LogP contribution in [0.3, 0.4) is 0 Å². The Bertz CT molecular complexity index is 672. The van der Waals surface area contributed by atoms with Crippen LogP contribution in [-0.4, -0.2) is 42.2 Å². The molecule has 1 heterocycles. The number of fused-ring (bicyclic) bond motifs is 1. The number of esters is 1. The van der Waals surface area contributed by atoms with Gasteiger partial charge in [0.15, 0.2) is 17.6 Å². The summed E-state index contributed by atoms with van der Waals surface area (Å²) < 4.78 is 15.6. The fourth-order valence-electron chi connectivity index (χ4n) is 2.07. The first-order chi connectivity index (χ1) is 11.3. The van der Waals surface area contributed by atoms with Gasteiger partial charge in [-0.25, -0.2) is 4.79 Å². The number of nitro groups is 1. The Morgan fingerprint density at radius 2 is 1.79 bits per heavy atom. The molecule has 0 radical (unpaired) electrons. The fourth-order valence-corrected chi connectivity index (χ4v) is 2.07. The van der Waals surface area contributed by atoms with Crippen molar-refractivity contribution in [1.82, 2.24) is 5.32 Å². The van der Waals surface area contributed by atoms with Gasteiger partial charge in [-0.1, -0.05) is 0 Å². The van der Waals surface area contributed by atoms with E-state index in [0.29, 0.717) is 0 Å². The van der Waals surface area contributed by atoms with Gasteiger partial charge in [-0.15, -0.1) is 0 Å². The zero-order valence-corrected chi connectivity index (χ0v) is 13.5. The molecule has 0 aromatic heterocycles. The van der Waals surface area contributed by atoms with Crippen LogP contribution in [0.15, 0.2) is 12.1 Å². The summed E-state index contributed by atoms with van der Waals surface area (Å²) in [4.78, 5) is 34.5. The zero-order chi connectivity index (χ0) is 17.9. The predicted molar refractivity (Wildman–Crippen MR) is 82.2 cm³/mol. The van der Waals surface area contributed by atoms with Crippen LogP contribution in [0.1, 0.15) is 31.1 Å². The number of ether oxygens (including phenoxy) is 3. The van der Waals surface area contributed by atoms with Crippen molar-refractivity contribution in [2.45, 2.75) is 32.9 Å².